The Bertz CT molecular complexity index is 549. The highest BCUT2D eigenvalue weighted by atomic mass is 35.5. The Morgan fingerprint density at radius 1 is 1.45 bits per heavy atom. The molecule has 0 saturated carbocycles. The molecule has 2 aliphatic heterocycles. The maximum absolute atomic E-state index is 12.2. The van der Waals surface area contributed by atoms with Crippen molar-refractivity contribution in [3.8, 4) is 0 Å². The summed E-state index contributed by atoms with van der Waals surface area (Å²) in [6, 6.07) is 2.98. The van der Waals surface area contributed by atoms with E-state index in [1.807, 2.05) is 4.90 Å². The van der Waals surface area contributed by atoms with Crippen molar-refractivity contribution in [2.75, 3.05) is 6.54 Å². The highest BCUT2D eigenvalue weighted by Gasteiger charge is 2.41. The van der Waals surface area contributed by atoms with Crippen molar-refractivity contribution < 1.29 is 9.59 Å². The van der Waals surface area contributed by atoms with Crippen LogP contribution in [-0.2, 0) is 4.79 Å². The molecule has 3 heterocycles. The average molecular weight is 294 g/mol. The average Bonchev–Trinajstić information content (AvgIpc) is 2.76. The summed E-state index contributed by atoms with van der Waals surface area (Å²) in [5.41, 5.74) is 0.433. The molecule has 2 saturated heterocycles. The Labute approximate surface area is 122 Å². The van der Waals surface area contributed by atoms with Gasteiger partial charge in [-0.15, -0.1) is 0 Å². The van der Waals surface area contributed by atoms with Crippen molar-refractivity contribution in [2.24, 2.45) is 0 Å². The number of rotatable bonds is 2. The first kappa shape index (κ1) is 13.4. The second kappa shape index (κ2) is 5.40. The minimum Gasteiger partial charge on any atom is -0.340 e. The summed E-state index contributed by atoms with van der Waals surface area (Å²) in [6.45, 7) is 0.816. The molecule has 20 heavy (non-hydrogen) atoms. The SMILES string of the molecule is O=C(N[C@H]1C[C@@H]2CCCCN2C1=O)c1ccnc(Cl)c1. The highest BCUT2D eigenvalue weighted by Crippen LogP contribution is 2.28. The number of hydrogen-bond donors (Lipinski definition) is 1. The van der Waals surface area contributed by atoms with Crippen molar-refractivity contribution in [1.82, 2.24) is 15.2 Å². The van der Waals surface area contributed by atoms with Gasteiger partial charge in [0.1, 0.15) is 11.2 Å². The number of nitrogens with one attached hydrogen (secondary N) is 1. The van der Waals surface area contributed by atoms with Crippen LogP contribution in [0.1, 0.15) is 36.0 Å². The third kappa shape index (κ3) is 2.50. The molecule has 0 aliphatic carbocycles. The number of amides is 2. The van der Waals surface area contributed by atoms with Gasteiger partial charge in [0.25, 0.3) is 5.91 Å². The fourth-order valence-corrected chi connectivity index (χ4v) is 3.19. The molecule has 0 unspecified atom stereocenters. The lowest BCUT2D eigenvalue weighted by atomic mass is 10.0. The Morgan fingerprint density at radius 3 is 3.05 bits per heavy atom. The molecule has 0 spiro atoms. The summed E-state index contributed by atoms with van der Waals surface area (Å²) in [5, 5.41) is 3.08. The largest absolute Gasteiger partial charge is 0.340 e. The third-order valence-electron chi connectivity index (χ3n) is 4.01. The van der Waals surface area contributed by atoms with Gasteiger partial charge in [-0.25, -0.2) is 4.98 Å². The van der Waals surface area contributed by atoms with Gasteiger partial charge in [-0.3, -0.25) is 9.59 Å². The quantitative estimate of drug-likeness (QED) is 0.843. The Morgan fingerprint density at radius 2 is 2.30 bits per heavy atom. The van der Waals surface area contributed by atoms with E-state index in [1.165, 1.54) is 12.3 Å². The van der Waals surface area contributed by atoms with Crippen LogP contribution in [0.15, 0.2) is 18.3 Å². The van der Waals surface area contributed by atoms with Gasteiger partial charge in [0, 0.05) is 24.3 Å². The van der Waals surface area contributed by atoms with Crippen molar-refractivity contribution in [2.45, 2.75) is 37.8 Å². The number of pyridine rings is 1. The van der Waals surface area contributed by atoms with Crippen LogP contribution in [0.5, 0.6) is 0 Å². The van der Waals surface area contributed by atoms with Crippen LogP contribution >= 0.6 is 11.6 Å². The van der Waals surface area contributed by atoms with Gasteiger partial charge >= 0.3 is 0 Å². The van der Waals surface area contributed by atoms with Gasteiger partial charge in [0.2, 0.25) is 5.91 Å². The zero-order valence-corrected chi connectivity index (χ0v) is 11.8. The van der Waals surface area contributed by atoms with Crippen molar-refractivity contribution in [3.63, 3.8) is 0 Å². The molecule has 2 aliphatic rings. The van der Waals surface area contributed by atoms with E-state index >= 15 is 0 Å². The van der Waals surface area contributed by atoms with Gasteiger partial charge in [-0.2, -0.15) is 0 Å². The van der Waals surface area contributed by atoms with Gasteiger partial charge in [0.15, 0.2) is 0 Å². The fraction of sp³-hybridized carbons (Fsp3) is 0.500. The second-order valence-corrected chi connectivity index (χ2v) is 5.70. The molecule has 5 nitrogen and oxygen atoms in total. The first-order chi connectivity index (χ1) is 9.65. The van der Waals surface area contributed by atoms with Crippen LogP contribution in [0.25, 0.3) is 0 Å². The maximum Gasteiger partial charge on any atom is 0.252 e. The summed E-state index contributed by atoms with van der Waals surface area (Å²) < 4.78 is 0. The van der Waals surface area contributed by atoms with Gasteiger partial charge in [0.05, 0.1) is 0 Å². The van der Waals surface area contributed by atoms with Gasteiger partial charge in [-0.05, 0) is 37.8 Å². The molecule has 6 heteroatoms. The minimum absolute atomic E-state index is 0.0446. The number of aromatic nitrogens is 1. The molecule has 2 fully saturated rings. The molecular formula is C14H16ClN3O2. The molecule has 0 radical (unpaired) electrons. The first-order valence-corrected chi connectivity index (χ1v) is 7.26. The summed E-state index contributed by atoms with van der Waals surface area (Å²) in [4.78, 5) is 30.1. The van der Waals surface area contributed by atoms with Crippen molar-refractivity contribution in [1.29, 1.82) is 0 Å². The second-order valence-electron chi connectivity index (χ2n) is 5.31. The van der Waals surface area contributed by atoms with E-state index in [-0.39, 0.29) is 17.0 Å². The monoisotopic (exact) mass is 293 g/mol. The Kier molecular flexibility index (Phi) is 3.61. The summed E-state index contributed by atoms with van der Waals surface area (Å²) in [5.74, 6) is -0.226. The molecular weight excluding hydrogens is 278 g/mol. The van der Waals surface area contributed by atoms with Crippen molar-refractivity contribution in [3.05, 3.63) is 29.0 Å². The summed E-state index contributed by atoms with van der Waals surface area (Å²) in [6.07, 6.45) is 5.46. The number of halogens is 1. The van der Waals surface area contributed by atoms with E-state index < -0.39 is 6.04 Å². The van der Waals surface area contributed by atoms with E-state index in [0.717, 1.165) is 25.8 Å². The number of hydrogen-bond acceptors (Lipinski definition) is 3. The topological polar surface area (TPSA) is 62.3 Å². The fourth-order valence-electron chi connectivity index (χ4n) is 3.01. The van der Waals surface area contributed by atoms with Crippen LogP contribution in [0.2, 0.25) is 5.15 Å². The zero-order valence-electron chi connectivity index (χ0n) is 11.0. The van der Waals surface area contributed by atoms with Gasteiger partial charge in [-0.1, -0.05) is 11.6 Å². The molecule has 0 aromatic carbocycles. The van der Waals surface area contributed by atoms with E-state index in [1.54, 1.807) is 6.07 Å². The lowest BCUT2D eigenvalue weighted by Gasteiger charge is -2.28. The van der Waals surface area contributed by atoms with E-state index in [2.05, 4.69) is 10.3 Å². The predicted molar refractivity (Wildman–Crippen MR) is 74.5 cm³/mol. The standard InChI is InChI=1S/C14H16ClN3O2/c15-12-7-9(4-5-16-12)13(19)17-11-8-10-3-1-2-6-18(10)14(11)20/h4-5,7,10-11H,1-3,6,8H2,(H,17,19)/t10-,11-/m0/s1. The lowest BCUT2D eigenvalue weighted by Crippen LogP contribution is -2.43. The number of carbonyl (C=O) groups is 2. The lowest BCUT2D eigenvalue weighted by molar-refractivity contribution is -0.131. The number of carbonyl (C=O) groups excluding carboxylic acids is 2. The van der Waals surface area contributed by atoms with E-state index in [0.29, 0.717) is 18.0 Å². The predicted octanol–water partition coefficient (Wildman–Crippen LogP) is 1.62. The number of fused-ring (bicyclic) bond motifs is 1. The molecule has 2 atom stereocenters. The molecule has 1 aromatic heterocycles. The summed E-state index contributed by atoms with van der Waals surface area (Å²) in [7, 11) is 0. The molecule has 0 bridgehead atoms. The van der Waals surface area contributed by atoms with Gasteiger partial charge < -0.3 is 10.2 Å². The summed E-state index contributed by atoms with van der Waals surface area (Å²) >= 11 is 5.77. The molecule has 106 valence electrons. The highest BCUT2D eigenvalue weighted by molar-refractivity contribution is 6.29. The van der Waals surface area contributed by atoms with E-state index in [9.17, 15) is 9.59 Å². The molecule has 3 rings (SSSR count). The van der Waals surface area contributed by atoms with Crippen LogP contribution in [-0.4, -0.2) is 40.3 Å². The van der Waals surface area contributed by atoms with E-state index in [4.69, 9.17) is 11.6 Å². The van der Waals surface area contributed by atoms with Crippen LogP contribution in [0, 0.1) is 0 Å². The number of nitrogens with zero attached hydrogens (tertiary/aromatic N) is 2. The van der Waals surface area contributed by atoms with Crippen LogP contribution in [0.4, 0.5) is 0 Å². The normalized spacial score (nSPS) is 25.4. The zero-order chi connectivity index (χ0) is 14.1. The smallest absolute Gasteiger partial charge is 0.252 e. The molecule has 1 N–H and O–H groups in total. The Balaban J connectivity index is 1.69. The Hall–Kier alpha value is -1.62. The minimum atomic E-state index is -0.405. The first-order valence-electron chi connectivity index (χ1n) is 6.88. The molecule has 2 amide bonds. The van der Waals surface area contributed by atoms with Crippen LogP contribution in [0.3, 0.4) is 0 Å². The van der Waals surface area contributed by atoms with Crippen molar-refractivity contribution >= 4 is 23.4 Å². The molecule has 1 aromatic rings. The van der Waals surface area contributed by atoms with Crippen LogP contribution < -0.4 is 5.32 Å². The number of piperidine rings is 1. The maximum atomic E-state index is 12.2. The third-order valence-corrected chi connectivity index (χ3v) is 4.22.